The molecule has 0 bridgehead atoms. The van der Waals surface area contributed by atoms with Crippen LogP contribution in [0.4, 0.5) is 0 Å². The van der Waals surface area contributed by atoms with Gasteiger partial charge in [0.2, 0.25) is 0 Å². The first-order chi connectivity index (χ1) is 15.5. The van der Waals surface area contributed by atoms with Crippen molar-refractivity contribution in [2.45, 2.75) is 38.0 Å². The van der Waals surface area contributed by atoms with E-state index in [1.54, 1.807) is 12.1 Å². The van der Waals surface area contributed by atoms with Gasteiger partial charge in [-0.3, -0.25) is 4.79 Å². The molecule has 2 aromatic heterocycles. The number of carbonyl (C=O) groups excluding carboxylic acids is 1. The molecule has 4 N–H and O–H groups in total. The number of phenols is 1. The number of aromatic nitrogens is 4. The maximum atomic E-state index is 13.1. The summed E-state index contributed by atoms with van der Waals surface area (Å²) in [5, 5.41) is 9.87. The second kappa shape index (κ2) is 7.96. The first-order valence-corrected chi connectivity index (χ1v) is 10.7. The Morgan fingerprint density at radius 3 is 2.59 bits per heavy atom. The fourth-order valence-corrected chi connectivity index (χ4v) is 4.61. The number of aromatic hydroxyl groups is 1. The van der Waals surface area contributed by atoms with Gasteiger partial charge in [-0.2, -0.15) is 0 Å². The minimum Gasteiger partial charge on any atom is -0.508 e. The lowest BCUT2D eigenvalue weighted by molar-refractivity contribution is 0.0997. The average molecular weight is 429 g/mol. The van der Waals surface area contributed by atoms with E-state index in [9.17, 15) is 14.7 Å². The molecule has 162 valence electrons. The van der Waals surface area contributed by atoms with Crippen LogP contribution in [-0.4, -0.2) is 30.5 Å². The van der Waals surface area contributed by atoms with Gasteiger partial charge in [-0.25, -0.2) is 19.3 Å². The molecule has 0 spiro atoms. The molecule has 0 unspecified atom stereocenters. The molecule has 8 heteroatoms. The lowest BCUT2D eigenvalue weighted by atomic mass is 9.83. The molecule has 5 rings (SSSR count). The third kappa shape index (κ3) is 3.43. The van der Waals surface area contributed by atoms with E-state index >= 15 is 0 Å². The molecule has 0 radical (unpaired) electrons. The van der Waals surface area contributed by atoms with Crippen molar-refractivity contribution in [2.75, 3.05) is 0 Å². The van der Waals surface area contributed by atoms with Gasteiger partial charge in [0.05, 0.1) is 5.69 Å². The lowest BCUT2D eigenvalue weighted by Crippen LogP contribution is -2.18. The van der Waals surface area contributed by atoms with Crippen LogP contribution in [0.2, 0.25) is 0 Å². The third-order valence-electron chi connectivity index (χ3n) is 6.10. The number of nitrogens with one attached hydrogen (secondary N) is 1. The number of rotatable bonds is 4. The normalized spacial score (nSPS) is 14.6. The second-order valence-electron chi connectivity index (χ2n) is 8.17. The topological polar surface area (TPSA) is 127 Å². The predicted octanol–water partition coefficient (Wildman–Crippen LogP) is 3.63. The van der Waals surface area contributed by atoms with Gasteiger partial charge in [-0.15, -0.1) is 0 Å². The summed E-state index contributed by atoms with van der Waals surface area (Å²) < 4.78 is 1.50. The molecule has 1 amide bonds. The zero-order valence-corrected chi connectivity index (χ0v) is 17.4. The number of nitrogens with two attached hydrogens (primary N) is 1. The number of carbonyl (C=O) groups is 1. The number of nitrogens with zero attached hydrogens (tertiary/aromatic N) is 3. The lowest BCUT2D eigenvalue weighted by Gasteiger charge is -2.24. The molecule has 1 fully saturated rings. The number of benzene rings is 2. The Kier molecular flexibility index (Phi) is 4.97. The first-order valence-electron chi connectivity index (χ1n) is 10.7. The van der Waals surface area contributed by atoms with Crippen LogP contribution >= 0.6 is 0 Å². The molecule has 2 heterocycles. The summed E-state index contributed by atoms with van der Waals surface area (Å²) in [6, 6.07) is 14.2. The van der Waals surface area contributed by atoms with Crippen molar-refractivity contribution in [3.05, 3.63) is 70.3 Å². The molecule has 4 aromatic rings. The quantitative estimate of drug-likeness (QED) is 0.457. The monoisotopic (exact) mass is 429 g/mol. The summed E-state index contributed by atoms with van der Waals surface area (Å²) in [4.78, 5) is 36.9. The molecule has 2 aromatic carbocycles. The van der Waals surface area contributed by atoms with E-state index in [-0.39, 0.29) is 28.4 Å². The number of hydrogen-bond donors (Lipinski definition) is 3. The zero-order chi connectivity index (χ0) is 22.2. The van der Waals surface area contributed by atoms with Crippen LogP contribution in [0, 0.1) is 0 Å². The standard InChI is InChI=1S/C24H23N5O3/c25-21(31)19-20-23(28-22(26-19)15-9-6-10-16(30)13-15)29(24(32)27-20)18-12-5-4-11-17(18)14-7-2-1-3-8-14/h4-6,9-14,30H,1-3,7-8H2,(H2,25,31)(H,27,32). The van der Waals surface area contributed by atoms with Crippen molar-refractivity contribution < 1.29 is 9.90 Å². The Morgan fingerprint density at radius 1 is 1.06 bits per heavy atom. The number of primary amides is 1. The van der Waals surface area contributed by atoms with Crippen molar-refractivity contribution in [2.24, 2.45) is 5.73 Å². The van der Waals surface area contributed by atoms with Gasteiger partial charge in [0.1, 0.15) is 11.3 Å². The number of aromatic amines is 1. The van der Waals surface area contributed by atoms with Crippen molar-refractivity contribution in [3.8, 4) is 22.8 Å². The van der Waals surface area contributed by atoms with Crippen LogP contribution in [0.1, 0.15) is 54.1 Å². The van der Waals surface area contributed by atoms with Crippen LogP contribution in [-0.2, 0) is 0 Å². The number of H-pyrrole nitrogens is 1. The van der Waals surface area contributed by atoms with E-state index in [1.807, 2.05) is 18.2 Å². The number of amides is 1. The molecular formula is C24H23N5O3. The van der Waals surface area contributed by atoms with E-state index < -0.39 is 11.6 Å². The van der Waals surface area contributed by atoms with Crippen LogP contribution in [0.5, 0.6) is 5.75 Å². The highest BCUT2D eigenvalue weighted by atomic mass is 16.3. The van der Waals surface area contributed by atoms with Crippen LogP contribution in [0.25, 0.3) is 28.2 Å². The third-order valence-corrected chi connectivity index (χ3v) is 6.10. The van der Waals surface area contributed by atoms with Gasteiger partial charge in [0, 0.05) is 5.56 Å². The maximum absolute atomic E-state index is 13.1. The minimum absolute atomic E-state index is 0.0425. The number of imidazole rings is 1. The smallest absolute Gasteiger partial charge is 0.332 e. The molecule has 8 nitrogen and oxygen atoms in total. The molecule has 1 saturated carbocycles. The summed E-state index contributed by atoms with van der Waals surface area (Å²) in [6.45, 7) is 0. The van der Waals surface area contributed by atoms with E-state index in [2.05, 4.69) is 21.0 Å². The van der Waals surface area contributed by atoms with E-state index in [4.69, 9.17) is 5.73 Å². The van der Waals surface area contributed by atoms with Crippen LogP contribution in [0.15, 0.2) is 53.3 Å². The summed E-state index contributed by atoms with van der Waals surface area (Å²) >= 11 is 0. The molecule has 0 atom stereocenters. The van der Waals surface area contributed by atoms with Gasteiger partial charge in [-0.1, -0.05) is 49.6 Å². The van der Waals surface area contributed by atoms with E-state index in [0.717, 1.165) is 36.9 Å². The number of hydrogen-bond acceptors (Lipinski definition) is 5. The molecular weight excluding hydrogens is 406 g/mol. The number of phenolic OH excluding ortho intramolecular Hbond substituents is 1. The average Bonchev–Trinajstić information content (AvgIpc) is 3.14. The molecule has 32 heavy (non-hydrogen) atoms. The summed E-state index contributed by atoms with van der Waals surface area (Å²) in [6.07, 6.45) is 5.71. The summed E-state index contributed by atoms with van der Waals surface area (Å²) in [7, 11) is 0. The Bertz CT molecular complexity index is 1380. The predicted molar refractivity (Wildman–Crippen MR) is 121 cm³/mol. The molecule has 1 aliphatic carbocycles. The Hall–Kier alpha value is -3.94. The highest BCUT2D eigenvalue weighted by Gasteiger charge is 2.24. The fraction of sp³-hybridized carbons (Fsp3) is 0.250. The van der Waals surface area contributed by atoms with E-state index in [0.29, 0.717) is 11.5 Å². The second-order valence-corrected chi connectivity index (χ2v) is 8.17. The van der Waals surface area contributed by atoms with Crippen LogP contribution < -0.4 is 11.4 Å². The van der Waals surface area contributed by atoms with Crippen LogP contribution in [0.3, 0.4) is 0 Å². The Labute approximate surface area is 183 Å². The number of fused-ring (bicyclic) bond motifs is 1. The molecule has 1 aliphatic rings. The van der Waals surface area contributed by atoms with Crippen molar-refractivity contribution in [3.63, 3.8) is 0 Å². The summed E-state index contributed by atoms with van der Waals surface area (Å²) in [5.74, 6) is -0.168. The SMILES string of the molecule is NC(=O)c1nc(-c2cccc(O)c2)nc2c1[nH]c(=O)n2-c1ccccc1C1CCCCC1. The fourth-order valence-electron chi connectivity index (χ4n) is 4.61. The minimum atomic E-state index is -0.771. The van der Waals surface area contributed by atoms with Gasteiger partial charge in [-0.05, 0) is 42.5 Å². The van der Waals surface area contributed by atoms with Crippen molar-refractivity contribution in [1.29, 1.82) is 0 Å². The van der Waals surface area contributed by atoms with Gasteiger partial charge >= 0.3 is 5.69 Å². The largest absolute Gasteiger partial charge is 0.508 e. The first kappa shape index (κ1) is 20.0. The van der Waals surface area contributed by atoms with Gasteiger partial charge in [0.15, 0.2) is 17.2 Å². The van der Waals surface area contributed by atoms with Crippen molar-refractivity contribution >= 4 is 17.1 Å². The van der Waals surface area contributed by atoms with Crippen molar-refractivity contribution in [1.82, 2.24) is 19.5 Å². The molecule has 0 saturated heterocycles. The molecule has 0 aliphatic heterocycles. The highest BCUT2D eigenvalue weighted by Crippen LogP contribution is 2.36. The highest BCUT2D eigenvalue weighted by molar-refractivity contribution is 6.02. The Morgan fingerprint density at radius 2 is 1.84 bits per heavy atom. The zero-order valence-electron chi connectivity index (χ0n) is 17.4. The summed E-state index contributed by atoms with van der Waals surface area (Å²) in [5.41, 5.74) is 7.93. The maximum Gasteiger partial charge on any atom is 0.332 e. The Balaban J connectivity index is 1.78. The number of para-hydroxylation sites is 1. The van der Waals surface area contributed by atoms with Gasteiger partial charge < -0.3 is 15.8 Å². The van der Waals surface area contributed by atoms with E-state index in [1.165, 1.54) is 23.1 Å². The van der Waals surface area contributed by atoms with Gasteiger partial charge in [0.25, 0.3) is 5.91 Å².